The summed E-state index contributed by atoms with van der Waals surface area (Å²) in [6, 6.07) is 52.2. The molecule has 15 heterocycles. The maximum absolute atomic E-state index is 13.7. The van der Waals surface area contributed by atoms with Crippen molar-refractivity contribution < 1.29 is 67.0 Å². The number of halogens is 3. The van der Waals surface area contributed by atoms with Crippen LogP contribution in [0.25, 0.3) is 0 Å². The number of ketones is 2. The molecule has 6 amide bonds. The van der Waals surface area contributed by atoms with E-state index in [2.05, 4.69) is 147 Å². The number of morpholine rings is 5. The van der Waals surface area contributed by atoms with Crippen LogP contribution in [0.3, 0.4) is 0 Å². The van der Waals surface area contributed by atoms with Gasteiger partial charge in [-0.2, -0.15) is 31.6 Å². The highest BCUT2D eigenvalue weighted by atomic mass is 79.9. The fourth-order valence-corrected chi connectivity index (χ4v) is 28.1. The van der Waals surface area contributed by atoms with Gasteiger partial charge in [-0.1, -0.05) is 72.1 Å². The number of anilines is 6. The van der Waals surface area contributed by atoms with Crippen LogP contribution in [-0.2, 0) is 91.0 Å². The summed E-state index contributed by atoms with van der Waals surface area (Å²) in [5, 5.41) is 79.1. The van der Waals surface area contributed by atoms with Crippen LogP contribution >= 0.6 is 84.4 Å². The lowest BCUT2D eigenvalue weighted by molar-refractivity contribution is -0.384. The molecule has 0 radical (unpaired) electrons. The molecule has 9 fully saturated rings. The Bertz CT molecular complexity index is 6990. The quantitative estimate of drug-likeness (QED) is 0.0513. The van der Waals surface area contributed by atoms with Crippen molar-refractivity contribution in [3.8, 4) is 36.4 Å². The minimum atomic E-state index is -1.38. The zero-order valence-electron chi connectivity index (χ0n) is 84.0. The third kappa shape index (κ3) is 17.8. The number of nitro groups is 1. The molecule has 770 valence electrons. The molecule has 16 aliphatic rings. The molecule has 16 atom stereocenters. The predicted molar refractivity (Wildman–Crippen MR) is 572 cm³/mol. The molecule has 35 nitrogen and oxygen atoms in total. The number of non-ortho nitro benzene ring substituents is 1. The van der Waals surface area contributed by atoms with E-state index in [-0.39, 0.29) is 160 Å². The molecule has 41 heteroatoms. The van der Waals surface area contributed by atoms with Gasteiger partial charge in [-0.05, 0) is 263 Å². The summed E-state index contributed by atoms with van der Waals surface area (Å²) in [5.41, 5.74) is 6.18. The number of hydrogen-bond acceptors (Lipinski definition) is 31. The summed E-state index contributed by atoms with van der Waals surface area (Å²) >= 11 is 25.7. The number of fused-ring (bicyclic) bond motifs is 23. The highest BCUT2D eigenvalue weighted by Gasteiger charge is 2.69. The first-order chi connectivity index (χ1) is 70.8. The summed E-state index contributed by atoms with van der Waals surface area (Å²) < 4.78 is 32.8. The number of piperazine rings is 1. The first kappa shape index (κ1) is 106. The number of nitrogens with one attached hydrogen (secondary N) is 4. The highest BCUT2D eigenvalue weighted by molar-refractivity contribution is 9.11. The van der Waals surface area contributed by atoms with Crippen molar-refractivity contribution in [2.45, 2.75) is 205 Å². The van der Waals surface area contributed by atoms with Gasteiger partial charge in [-0.15, -0.1) is 0 Å². The van der Waals surface area contributed by atoms with Crippen LogP contribution in [0.15, 0.2) is 147 Å². The molecule has 149 heavy (non-hydrogen) atoms. The zero-order chi connectivity index (χ0) is 107. The molecular formula is C108H109Br3N20O15S3. The van der Waals surface area contributed by atoms with E-state index >= 15 is 0 Å². The number of nitrogens with zero attached hydrogens (tertiary/aromatic N) is 16. The van der Waals surface area contributed by atoms with Gasteiger partial charge in [0.25, 0.3) is 5.69 Å². The summed E-state index contributed by atoms with van der Waals surface area (Å²) in [4.78, 5) is 135. The van der Waals surface area contributed by atoms with Crippen LogP contribution in [0.4, 0.5) is 39.8 Å². The molecule has 0 bridgehead atoms. The fourth-order valence-electron chi connectivity index (χ4n) is 26.4. The number of thiocarbonyl (C=S) groups is 3. The number of benzene rings is 7. The molecule has 0 unspecified atom stereocenters. The van der Waals surface area contributed by atoms with E-state index in [1.165, 1.54) is 21.9 Å². The largest absolute Gasteiger partial charge is 0.372 e. The van der Waals surface area contributed by atoms with Crippen molar-refractivity contribution in [2.75, 3.05) is 103 Å². The van der Waals surface area contributed by atoms with Crippen molar-refractivity contribution in [3.05, 3.63) is 213 Å². The summed E-state index contributed by atoms with van der Waals surface area (Å²) in [5.74, 6) is -2.36. The first-order valence-electron chi connectivity index (χ1n) is 49.4. The number of Topliss-reactive ketones (excluding diaryl/α,β-unsaturated/α-hetero) is 2. The van der Waals surface area contributed by atoms with E-state index in [4.69, 9.17) is 65.6 Å². The molecule has 1 aliphatic carbocycles. The number of carbonyl (C=O) groups is 8. The van der Waals surface area contributed by atoms with Crippen LogP contribution in [-0.4, -0.2) is 253 Å². The summed E-state index contributed by atoms with van der Waals surface area (Å²) in [7, 11) is 5.24. The Hall–Kier alpha value is -12.7. The smallest absolute Gasteiger partial charge is 0.269 e. The molecule has 15 aliphatic heterocycles. The third-order valence-electron chi connectivity index (χ3n) is 32.1. The number of hydrogen-bond donors (Lipinski definition) is 4. The molecule has 7 aromatic rings. The lowest BCUT2D eigenvalue weighted by Crippen LogP contribution is -2.75. The maximum Gasteiger partial charge on any atom is 0.269 e. The lowest BCUT2D eigenvalue weighted by atomic mass is 9.65. The molecular weight excluding hydrogens is 2150 g/mol. The van der Waals surface area contributed by atoms with Crippen LogP contribution in [0.1, 0.15) is 134 Å². The number of nitriles is 6. The van der Waals surface area contributed by atoms with Gasteiger partial charge in [0.1, 0.15) is 5.41 Å². The molecule has 7 aromatic carbocycles. The van der Waals surface area contributed by atoms with E-state index in [1.807, 2.05) is 142 Å². The molecule has 9 saturated heterocycles. The van der Waals surface area contributed by atoms with Gasteiger partial charge in [0.05, 0.1) is 150 Å². The Balaban J connectivity index is 0.000000117. The molecule has 23 rings (SSSR count). The maximum atomic E-state index is 13.7. The second-order valence-electron chi connectivity index (χ2n) is 41.5. The number of ether oxygens (including phenoxy) is 5. The Kier molecular flexibility index (Phi) is 28.9. The van der Waals surface area contributed by atoms with Gasteiger partial charge in [0.15, 0.2) is 54.0 Å². The topological polar surface area (TPSA) is 446 Å². The Morgan fingerprint density at radius 3 is 1.05 bits per heavy atom. The highest BCUT2D eigenvalue weighted by Crippen LogP contribution is 2.57. The number of nitro benzene ring substituents is 1. The number of likely N-dealkylation sites (N-methyl/N-ethyl adjacent to an activating group) is 1. The van der Waals surface area contributed by atoms with Crippen molar-refractivity contribution in [2.24, 2.45) is 32.5 Å². The molecule has 4 N–H and O–H groups in total. The molecule has 0 saturated carbocycles. The Morgan fingerprint density at radius 1 is 0.369 bits per heavy atom. The van der Waals surface area contributed by atoms with Gasteiger partial charge in [0.2, 0.25) is 35.4 Å². The van der Waals surface area contributed by atoms with Crippen molar-refractivity contribution in [1.29, 1.82) is 31.6 Å². The summed E-state index contributed by atoms with van der Waals surface area (Å²) in [6.07, 6.45) is 0.760. The minimum absolute atomic E-state index is 0.00762. The zero-order valence-corrected chi connectivity index (χ0v) is 91.2. The van der Waals surface area contributed by atoms with Gasteiger partial charge in [0, 0.05) is 157 Å². The Morgan fingerprint density at radius 2 is 0.671 bits per heavy atom. The van der Waals surface area contributed by atoms with Gasteiger partial charge in [-0.3, -0.25) is 58.3 Å². The fraction of sp³-hybridized carbons (Fsp3) is 0.454. The van der Waals surface area contributed by atoms with Gasteiger partial charge >= 0.3 is 0 Å². The van der Waals surface area contributed by atoms with Crippen molar-refractivity contribution in [1.82, 2.24) is 36.0 Å². The molecule has 4 spiro atoms. The molecule has 0 aromatic heterocycles. The second-order valence-corrected chi connectivity index (χ2v) is 45.5. The average molecular weight is 2260 g/mol. The average Bonchev–Trinajstić information content (AvgIpc) is 1.57. The van der Waals surface area contributed by atoms with Gasteiger partial charge in [-0.25, -0.2) is 0 Å². The van der Waals surface area contributed by atoms with E-state index in [0.717, 1.165) is 81.9 Å². The summed E-state index contributed by atoms with van der Waals surface area (Å²) in [6.45, 7) is 24.9. The number of carbonyl (C=O) groups excluding carboxylic acids is 8. The SMILES string of the molecule is CN1CCN2c3ccc([N+](=O)[O-])cc3CC3(C(=O)NC(=S)NC3=O)[C@@H]2C1.C[C@@H]1CN2c3ccc(Br)cc3CC(C#N)(C#N)[C@H]2[C@H](C)O1.C[C@@H]1CN2c3ccc(Br)cc3CC3(C(=O)N(C)C(=S)N(C)C3=O)[C@H]2[C@H](C)O1.C[C@@H]1CN2c3ccc(Br)cc3CC3(C(=O)NC(=S)NC3=O)[C@H]2[C@H](C)O1.C[C@@H]1CN2c3ccc(C#N)cc3CC(C#N)(C#N)[C@H]2[C@H](C)O1.C[C@@H]1CN2c3ccc(C#N)cc3CC3(C(=O)c4ccccc4C3=O)[C@H]2[C@H](C)O1. The van der Waals surface area contributed by atoms with Crippen LogP contribution in [0, 0.1) is 111 Å². The number of rotatable bonds is 1. The minimum Gasteiger partial charge on any atom is -0.372 e. The second kappa shape index (κ2) is 40.6. The lowest BCUT2D eigenvalue weighted by Gasteiger charge is -2.57. The van der Waals surface area contributed by atoms with Crippen molar-refractivity contribution in [3.63, 3.8) is 0 Å². The van der Waals surface area contributed by atoms with Crippen LogP contribution in [0.2, 0.25) is 0 Å². The standard InChI is InChI=1S/C23H20N2O3.C19H22BrN3O3S.C17H18BrN3O3S.C17H16N4O.C16H16BrN3O.C16H17N5O4S/c1-13-12-25-19-8-7-15(11-24)9-16(19)10-23(20(25)14(2)28-13)21(26)17-5-3-4-6-18(17)22(23)27;1-10-9-23-14-6-5-13(20)7-12(14)8-19(15(23)11(2)26-10)16(24)21(3)18(27)22(4)17(19)25;1-8-7-21-12-4-3-11(18)5-10(12)6-17(13(21)9(2)24-8)14(22)19-16(25)20-15(17)23;1-11-8-21-15-4-3-13(7-18)5-14(15)6-17(9-19,10-20)16(21)12(2)22-11;1-10-7-20-14-4-3-13(17)5-12(14)6-16(8-18,9-19)15(20)11(2)21-10;1-19-4-5-20-11-3-2-10(21(24)25)6-9(11)7-16(12(20)8-19)13(22)17-15(26)18-14(16)23/h3-9,13-14,20H,10,12H2,1-2H3;5-7,10-11,15H,8-9H2,1-4H3;3-5,8-9,13H,6-7H2,1-2H3,(H2,19,20,22,23,25);3-5,11-12,16H,6,8H2,1-2H3;3-5,10-11,15H,6-7H2,1-2H3;2-3,6,12H,4-5,7-8H2,1H3,(H2,17,18,22,23,26)/t13-,14+,20-;10-,11+,15-;8-,9+,13-;11-,12+,16-;10-,11+,15-;12-/m111110/s1. The van der Waals surface area contributed by atoms with E-state index < -0.39 is 49.2 Å². The van der Waals surface area contributed by atoms with Gasteiger partial charge < -0.3 is 79.3 Å². The predicted octanol–water partition coefficient (Wildman–Crippen LogP) is 11.8. The monoisotopic (exact) mass is 2260 g/mol. The third-order valence-corrected chi connectivity index (χ3v) is 34.5. The van der Waals surface area contributed by atoms with E-state index in [1.54, 1.807) is 62.6 Å². The van der Waals surface area contributed by atoms with Crippen molar-refractivity contribution >= 4 is 187 Å². The number of amides is 6. The first-order valence-corrected chi connectivity index (χ1v) is 53.0. The van der Waals surface area contributed by atoms with E-state index in [9.17, 15) is 74.8 Å². The van der Waals surface area contributed by atoms with E-state index in [0.29, 0.717) is 106 Å². The van der Waals surface area contributed by atoms with Crippen LogP contribution < -0.4 is 50.7 Å². The van der Waals surface area contributed by atoms with Crippen LogP contribution in [0.5, 0.6) is 0 Å². The normalized spacial score (nSPS) is 28.3. The Labute approximate surface area is 903 Å².